The van der Waals surface area contributed by atoms with Gasteiger partial charge in [0.15, 0.2) is 11.4 Å². The number of nitrogens with two attached hydrogens (primary N) is 1. The smallest absolute Gasteiger partial charge is 0.255 e. The minimum absolute atomic E-state index is 0.0173. The van der Waals surface area contributed by atoms with Gasteiger partial charge in [-0.15, -0.1) is 0 Å². The molecular formula is C36H50N2O9. The highest BCUT2D eigenvalue weighted by Gasteiger charge is 2.64. The zero-order valence-electron chi connectivity index (χ0n) is 27.5. The zero-order valence-corrected chi connectivity index (χ0v) is 27.5. The van der Waals surface area contributed by atoms with Gasteiger partial charge >= 0.3 is 0 Å². The number of unbranched alkanes of at least 4 members (excludes halogenated alkanes) is 12. The monoisotopic (exact) mass is 654 g/mol. The third kappa shape index (κ3) is 7.11. The van der Waals surface area contributed by atoms with Crippen molar-refractivity contribution in [3.05, 3.63) is 40.2 Å². The van der Waals surface area contributed by atoms with E-state index in [4.69, 9.17) is 5.73 Å². The van der Waals surface area contributed by atoms with Crippen LogP contribution >= 0.6 is 0 Å². The number of hydrogen-bond donors (Lipinski definition) is 7. The molecule has 0 radical (unpaired) electrons. The molecule has 8 N–H and O–H groups in total. The zero-order chi connectivity index (χ0) is 34.5. The summed E-state index contributed by atoms with van der Waals surface area (Å²) in [6, 6.07) is 3.05. The lowest BCUT2D eigenvalue weighted by Crippen LogP contribution is -2.63. The van der Waals surface area contributed by atoms with Gasteiger partial charge in [-0.05, 0) is 24.0 Å². The van der Waals surface area contributed by atoms with Crippen molar-refractivity contribution in [2.45, 2.75) is 128 Å². The summed E-state index contributed by atoms with van der Waals surface area (Å²) < 4.78 is 0. The Hall–Kier alpha value is -3.70. The molecule has 1 saturated carbocycles. The highest BCUT2D eigenvalue weighted by molar-refractivity contribution is 6.23. The summed E-state index contributed by atoms with van der Waals surface area (Å²) in [7, 11) is 0. The van der Waals surface area contributed by atoms with Gasteiger partial charge in [-0.25, -0.2) is 0 Å². The van der Waals surface area contributed by atoms with Gasteiger partial charge < -0.3 is 36.6 Å². The van der Waals surface area contributed by atoms with E-state index >= 15 is 0 Å². The van der Waals surface area contributed by atoms with Crippen LogP contribution in [0.25, 0.3) is 5.76 Å². The average Bonchev–Trinajstić information content (AvgIpc) is 3.02. The fraction of sp³-hybridized carbons (Fsp3) is 0.611. The summed E-state index contributed by atoms with van der Waals surface area (Å²) in [5.41, 5.74) is 1.15. The van der Waals surface area contributed by atoms with Gasteiger partial charge in [0, 0.05) is 30.3 Å². The average molecular weight is 655 g/mol. The first kappa shape index (κ1) is 36.1. The molecule has 258 valence electrons. The molecule has 0 heterocycles. The third-order valence-corrected chi connectivity index (χ3v) is 10.3. The number of phenolic OH excluding ortho intramolecular Hbond substituents is 1. The van der Waals surface area contributed by atoms with E-state index in [0.29, 0.717) is 12.0 Å². The van der Waals surface area contributed by atoms with Crippen LogP contribution in [0.2, 0.25) is 0 Å². The van der Waals surface area contributed by atoms with E-state index in [2.05, 4.69) is 12.2 Å². The van der Waals surface area contributed by atoms with E-state index in [1.54, 1.807) is 13.0 Å². The van der Waals surface area contributed by atoms with E-state index in [1.807, 2.05) is 0 Å². The van der Waals surface area contributed by atoms with Crippen molar-refractivity contribution in [1.29, 1.82) is 0 Å². The number of primary amides is 1. The lowest BCUT2D eigenvalue weighted by atomic mass is 9.55. The number of fused-ring (bicyclic) bond motifs is 3. The minimum Gasteiger partial charge on any atom is -0.508 e. The Balaban J connectivity index is 1.40. The van der Waals surface area contributed by atoms with E-state index < -0.39 is 81.8 Å². The Morgan fingerprint density at radius 3 is 2.02 bits per heavy atom. The maximum absolute atomic E-state index is 13.8. The lowest BCUT2D eigenvalue weighted by molar-refractivity contribution is -0.160. The molecule has 11 heteroatoms. The molecule has 1 aromatic rings. The number of carbonyl (C=O) groups is 4. The molecule has 1 aromatic carbocycles. The second-order valence-corrected chi connectivity index (χ2v) is 13.5. The summed E-state index contributed by atoms with van der Waals surface area (Å²) in [5.74, 6) is -9.62. The van der Waals surface area contributed by atoms with Crippen molar-refractivity contribution < 1.29 is 44.7 Å². The van der Waals surface area contributed by atoms with Gasteiger partial charge in [-0.2, -0.15) is 0 Å². The summed E-state index contributed by atoms with van der Waals surface area (Å²) in [4.78, 5) is 51.0. The second kappa shape index (κ2) is 15.5. The Bertz CT molecular complexity index is 1450. The maximum atomic E-state index is 13.8. The van der Waals surface area contributed by atoms with Crippen molar-refractivity contribution in [3.63, 3.8) is 0 Å². The van der Waals surface area contributed by atoms with Gasteiger partial charge in [0.2, 0.25) is 11.7 Å². The van der Waals surface area contributed by atoms with Crippen molar-refractivity contribution in [2.75, 3.05) is 5.32 Å². The van der Waals surface area contributed by atoms with Crippen LogP contribution in [-0.4, -0.2) is 60.6 Å². The van der Waals surface area contributed by atoms with Gasteiger partial charge in [0.25, 0.3) is 5.91 Å². The van der Waals surface area contributed by atoms with E-state index in [9.17, 15) is 44.7 Å². The Labute approximate surface area is 275 Å². The predicted octanol–water partition coefficient (Wildman–Crippen LogP) is 5.38. The quantitative estimate of drug-likeness (QED) is 0.0693. The molecular weight excluding hydrogens is 604 g/mol. The normalized spacial score (nSPS) is 25.4. The maximum Gasteiger partial charge on any atom is 0.255 e. The van der Waals surface area contributed by atoms with Crippen LogP contribution < -0.4 is 11.1 Å². The molecule has 2 unspecified atom stereocenters. The molecule has 4 rings (SSSR count). The number of ketones is 2. The van der Waals surface area contributed by atoms with Gasteiger partial charge in [0.1, 0.15) is 22.8 Å². The van der Waals surface area contributed by atoms with Crippen molar-refractivity contribution in [3.8, 4) is 5.75 Å². The van der Waals surface area contributed by atoms with Gasteiger partial charge in [0.05, 0.1) is 17.4 Å². The van der Waals surface area contributed by atoms with Crippen LogP contribution in [-0.2, 0) is 19.2 Å². The highest BCUT2D eigenvalue weighted by atomic mass is 16.4. The van der Waals surface area contributed by atoms with Crippen LogP contribution in [0.5, 0.6) is 5.75 Å². The number of hydrogen-bond acceptors (Lipinski definition) is 9. The number of aliphatic hydroxyl groups is 4. The van der Waals surface area contributed by atoms with Crippen molar-refractivity contribution >= 4 is 34.8 Å². The van der Waals surface area contributed by atoms with Gasteiger partial charge in [-0.3, -0.25) is 19.2 Å². The Kier molecular flexibility index (Phi) is 11.9. The molecule has 0 aromatic heterocycles. The molecule has 47 heavy (non-hydrogen) atoms. The number of nitrogens with one attached hydrogen (secondary N) is 1. The number of rotatable bonds is 16. The van der Waals surface area contributed by atoms with Crippen molar-refractivity contribution in [2.24, 2.45) is 17.6 Å². The predicted molar refractivity (Wildman–Crippen MR) is 176 cm³/mol. The number of aliphatic hydroxyl groups excluding tert-OH is 3. The minimum atomic E-state index is -2.90. The Morgan fingerprint density at radius 2 is 1.47 bits per heavy atom. The lowest BCUT2D eigenvalue weighted by Gasteiger charge is -2.50. The largest absolute Gasteiger partial charge is 0.508 e. The molecule has 3 aliphatic rings. The molecule has 3 aliphatic carbocycles. The van der Waals surface area contributed by atoms with Crippen molar-refractivity contribution in [1.82, 2.24) is 0 Å². The Morgan fingerprint density at radius 1 is 0.915 bits per heavy atom. The first-order chi connectivity index (χ1) is 22.4. The van der Waals surface area contributed by atoms with Crippen LogP contribution in [0, 0.1) is 11.8 Å². The molecule has 2 amide bonds. The van der Waals surface area contributed by atoms with Crippen LogP contribution in [0.1, 0.15) is 127 Å². The number of amides is 2. The molecule has 0 saturated heterocycles. The number of benzene rings is 1. The number of Topliss-reactive ketones (excluding diaryl/α,β-unsaturated/α-hetero) is 2. The van der Waals surface area contributed by atoms with Crippen LogP contribution in [0.3, 0.4) is 0 Å². The summed E-state index contributed by atoms with van der Waals surface area (Å²) in [6.45, 7) is 3.88. The SMILES string of the molecule is CCCCCCCCCCCCCCCC(=O)Nc1ccc2c(c1O)C(O)=C1C(=O)[C@]3(O)C(O)=C(C(N)=O)C(=O)CC3[C@@H](O)C1[C@H]2C. The third-order valence-electron chi connectivity index (χ3n) is 10.3. The summed E-state index contributed by atoms with van der Waals surface area (Å²) in [5, 5.41) is 58.8. The van der Waals surface area contributed by atoms with Gasteiger partial charge in [-0.1, -0.05) is 97.0 Å². The molecule has 1 fully saturated rings. The molecule has 0 aliphatic heterocycles. The van der Waals surface area contributed by atoms with E-state index in [-0.39, 0.29) is 23.6 Å². The summed E-state index contributed by atoms with van der Waals surface area (Å²) in [6.07, 6.45) is 13.4. The van der Waals surface area contributed by atoms with E-state index in [0.717, 1.165) is 19.3 Å². The molecule has 0 spiro atoms. The standard InChI is InChI=1S/C36H50N2O9/c1-3-4-5-6-7-8-9-10-11-12-13-14-15-16-25(40)38-23-18-17-21-20(2)26-29(32(43)27(21)31(23)42)34(45)36(47)22(30(26)41)19-24(39)28(33(36)44)35(37)46/h17-18,20,22,26,30,41-44,47H,3-16,19H2,1-2H3,(H2,37,46)(H,38,40)/t20-,22?,26?,30+,36+/m0/s1. The number of carbonyl (C=O) groups excluding carboxylic acids is 4. The molecule has 5 atom stereocenters. The number of phenols is 1. The van der Waals surface area contributed by atoms with Crippen LogP contribution in [0.15, 0.2) is 29.0 Å². The fourth-order valence-corrected chi connectivity index (χ4v) is 7.61. The first-order valence-corrected chi connectivity index (χ1v) is 17.2. The fourth-order valence-electron chi connectivity index (χ4n) is 7.61. The molecule has 11 nitrogen and oxygen atoms in total. The van der Waals surface area contributed by atoms with E-state index in [1.165, 1.54) is 63.9 Å². The second-order valence-electron chi connectivity index (χ2n) is 13.5. The number of anilines is 1. The van der Waals surface area contributed by atoms with Crippen LogP contribution in [0.4, 0.5) is 5.69 Å². The topological polar surface area (TPSA) is 207 Å². The summed E-state index contributed by atoms with van der Waals surface area (Å²) >= 11 is 0. The molecule has 0 bridgehead atoms. The first-order valence-electron chi connectivity index (χ1n) is 17.2. The highest BCUT2D eigenvalue weighted by Crippen LogP contribution is 2.56. The number of aromatic hydroxyl groups is 1.